The SMILES string of the molecule is O=CCc1cc([N+](=O)[O-])c(Sc2ccc(Br)cc2)s1. The highest BCUT2D eigenvalue weighted by molar-refractivity contribution is 9.10. The molecule has 1 aromatic carbocycles. The molecule has 2 aromatic rings. The zero-order valence-electron chi connectivity index (χ0n) is 9.54. The van der Waals surface area contributed by atoms with Crippen molar-refractivity contribution < 1.29 is 9.72 Å². The molecule has 0 saturated heterocycles. The van der Waals surface area contributed by atoms with E-state index in [1.54, 1.807) is 0 Å². The molecule has 2 rings (SSSR count). The molecule has 0 N–H and O–H groups in total. The number of carbonyl (C=O) groups is 1. The molecule has 0 aliphatic heterocycles. The predicted molar refractivity (Wildman–Crippen MR) is 79.0 cm³/mol. The maximum atomic E-state index is 11.0. The molecule has 0 amide bonds. The summed E-state index contributed by atoms with van der Waals surface area (Å²) >= 11 is 5.97. The quantitative estimate of drug-likeness (QED) is 0.454. The number of rotatable bonds is 5. The molecule has 98 valence electrons. The van der Waals surface area contributed by atoms with Gasteiger partial charge in [-0.05, 0) is 24.3 Å². The summed E-state index contributed by atoms with van der Waals surface area (Å²) in [7, 11) is 0. The van der Waals surface area contributed by atoms with Crippen LogP contribution >= 0.6 is 39.0 Å². The fraction of sp³-hybridized carbons (Fsp3) is 0.0833. The number of halogens is 1. The Labute approximate surface area is 126 Å². The molecule has 7 heteroatoms. The molecule has 19 heavy (non-hydrogen) atoms. The maximum absolute atomic E-state index is 11.0. The zero-order chi connectivity index (χ0) is 13.8. The van der Waals surface area contributed by atoms with E-state index in [1.807, 2.05) is 24.3 Å². The predicted octanol–water partition coefficient (Wildman–Crippen LogP) is 4.31. The average molecular weight is 358 g/mol. The molecule has 0 spiro atoms. The topological polar surface area (TPSA) is 60.2 Å². The molecule has 0 unspecified atom stereocenters. The summed E-state index contributed by atoms with van der Waals surface area (Å²) in [6.45, 7) is 0. The molecular weight excluding hydrogens is 350 g/mol. The Kier molecular flexibility index (Phi) is 4.73. The number of thiophene rings is 1. The van der Waals surface area contributed by atoms with Crippen molar-refractivity contribution in [2.75, 3.05) is 0 Å². The summed E-state index contributed by atoms with van der Waals surface area (Å²) in [4.78, 5) is 22.7. The van der Waals surface area contributed by atoms with E-state index in [2.05, 4.69) is 15.9 Å². The minimum absolute atomic E-state index is 0.0646. The van der Waals surface area contributed by atoms with E-state index in [-0.39, 0.29) is 12.1 Å². The molecular formula is C12H8BrNO3S2. The molecule has 0 radical (unpaired) electrons. The number of hydrogen-bond acceptors (Lipinski definition) is 5. The van der Waals surface area contributed by atoms with Crippen molar-refractivity contribution in [3.05, 3.63) is 49.8 Å². The lowest BCUT2D eigenvalue weighted by Gasteiger charge is -1.98. The third-order valence-electron chi connectivity index (χ3n) is 2.24. The summed E-state index contributed by atoms with van der Waals surface area (Å²) in [6.07, 6.45) is 0.968. The molecule has 0 saturated carbocycles. The van der Waals surface area contributed by atoms with Crippen molar-refractivity contribution in [3.63, 3.8) is 0 Å². The third-order valence-corrected chi connectivity index (χ3v) is 5.11. The summed E-state index contributed by atoms with van der Waals surface area (Å²) in [5, 5.41) is 11.0. The van der Waals surface area contributed by atoms with Gasteiger partial charge in [-0.25, -0.2) is 0 Å². The third kappa shape index (κ3) is 3.65. The number of aldehydes is 1. The first kappa shape index (κ1) is 14.2. The summed E-state index contributed by atoms with van der Waals surface area (Å²) in [5.41, 5.74) is 0.0646. The van der Waals surface area contributed by atoms with Crippen LogP contribution in [0.5, 0.6) is 0 Å². The van der Waals surface area contributed by atoms with E-state index < -0.39 is 4.92 Å². The molecule has 4 nitrogen and oxygen atoms in total. The van der Waals surface area contributed by atoms with Crippen molar-refractivity contribution in [1.82, 2.24) is 0 Å². The van der Waals surface area contributed by atoms with Crippen LogP contribution in [-0.2, 0) is 11.2 Å². The molecule has 1 heterocycles. The Morgan fingerprint density at radius 2 is 2.05 bits per heavy atom. The lowest BCUT2D eigenvalue weighted by molar-refractivity contribution is -0.387. The fourth-order valence-corrected chi connectivity index (χ4v) is 3.97. The van der Waals surface area contributed by atoms with Gasteiger partial charge in [0.2, 0.25) is 0 Å². The van der Waals surface area contributed by atoms with Crippen molar-refractivity contribution in [1.29, 1.82) is 0 Å². The van der Waals surface area contributed by atoms with Crippen LogP contribution in [0.3, 0.4) is 0 Å². The van der Waals surface area contributed by atoms with Gasteiger partial charge in [0.25, 0.3) is 5.69 Å². The molecule has 0 aliphatic carbocycles. The van der Waals surface area contributed by atoms with Gasteiger partial charge in [-0.15, -0.1) is 11.3 Å². The molecule has 1 aromatic heterocycles. The molecule has 0 fully saturated rings. The van der Waals surface area contributed by atoms with Gasteiger partial charge in [-0.2, -0.15) is 0 Å². The van der Waals surface area contributed by atoms with Gasteiger partial charge in [0.15, 0.2) is 0 Å². The fourth-order valence-electron chi connectivity index (χ4n) is 1.40. The van der Waals surface area contributed by atoms with Crippen LogP contribution in [0.25, 0.3) is 0 Å². The van der Waals surface area contributed by atoms with Crippen molar-refractivity contribution in [2.45, 2.75) is 15.5 Å². The Morgan fingerprint density at radius 1 is 1.37 bits per heavy atom. The maximum Gasteiger partial charge on any atom is 0.294 e. The number of carbonyl (C=O) groups excluding carboxylic acids is 1. The lowest BCUT2D eigenvalue weighted by atomic mass is 10.3. The summed E-state index contributed by atoms with van der Waals surface area (Å²) in [5.74, 6) is 0. The van der Waals surface area contributed by atoms with Gasteiger partial charge in [0.05, 0.1) is 4.92 Å². The standard InChI is InChI=1S/C12H8BrNO3S2/c13-8-1-3-9(4-2-8)18-12-11(14(16)17)7-10(19-12)5-6-15/h1-4,6-7H,5H2. The first-order valence-electron chi connectivity index (χ1n) is 5.24. The van der Waals surface area contributed by atoms with Gasteiger partial charge in [-0.1, -0.05) is 27.7 Å². The lowest BCUT2D eigenvalue weighted by Crippen LogP contribution is -1.86. The first-order valence-corrected chi connectivity index (χ1v) is 7.67. The summed E-state index contributed by atoms with van der Waals surface area (Å²) < 4.78 is 1.56. The second kappa shape index (κ2) is 6.31. The van der Waals surface area contributed by atoms with Crippen LogP contribution in [0, 0.1) is 10.1 Å². The van der Waals surface area contributed by atoms with Gasteiger partial charge in [0.1, 0.15) is 10.5 Å². The monoisotopic (exact) mass is 357 g/mol. The average Bonchev–Trinajstić information content (AvgIpc) is 2.76. The minimum atomic E-state index is -0.411. The largest absolute Gasteiger partial charge is 0.303 e. The van der Waals surface area contributed by atoms with Gasteiger partial charge in [-0.3, -0.25) is 10.1 Å². The van der Waals surface area contributed by atoms with E-state index in [0.29, 0.717) is 9.09 Å². The normalized spacial score (nSPS) is 10.4. The number of nitro groups is 1. The van der Waals surface area contributed by atoms with Crippen LogP contribution in [0.2, 0.25) is 0 Å². The van der Waals surface area contributed by atoms with E-state index in [0.717, 1.165) is 15.7 Å². The molecule has 0 bridgehead atoms. The van der Waals surface area contributed by atoms with Gasteiger partial charge in [0, 0.05) is 26.7 Å². The second-order valence-electron chi connectivity index (χ2n) is 3.57. The number of hydrogen-bond donors (Lipinski definition) is 0. The number of nitrogens with zero attached hydrogens (tertiary/aromatic N) is 1. The van der Waals surface area contributed by atoms with Crippen molar-refractivity contribution >= 4 is 51.0 Å². The number of benzene rings is 1. The Hall–Kier alpha value is -1.18. The summed E-state index contributed by atoms with van der Waals surface area (Å²) in [6, 6.07) is 9.01. The highest BCUT2D eigenvalue weighted by atomic mass is 79.9. The highest BCUT2D eigenvalue weighted by Gasteiger charge is 2.19. The zero-order valence-corrected chi connectivity index (χ0v) is 12.8. The van der Waals surface area contributed by atoms with E-state index >= 15 is 0 Å². The smallest absolute Gasteiger partial charge is 0.294 e. The van der Waals surface area contributed by atoms with Gasteiger partial charge >= 0.3 is 0 Å². The van der Waals surface area contributed by atoms with Crippen LogP contribution in [-0.4, -0.2) is 11.2 Å². The molecule has 0 atom stereocenters. The Bertz CT molecular complexity index is 610. The van der Waals surface area contributed by atoms with Gasteiger partial charge < -0.3 is 4.79 Å². The van der Waals surface area contributed by atoms with Crippen molar-refractivity contribution in [3.8, 4) is 0 Å². The Balaban J connectivity index is 2.29. The van der Waals surface area contributed by atoms with E-state index in [9.17, 15) is 14.9 Å². The highest BCUT2D eigenvalue weighted by Crippen LogP contribution is 2.41. The van der Waals surface area contributed by atoms with Crippen LogP contribution in [0.1, 0.15) is 4.88 Å². The van der Waals surface area contributed by atoms with Crippen LogP contribution < -0.4 is 0 Å². The van der Waals surface area contributed by atoms with E-state index in [1.165, 1.54) is 29.2 Å². The Morgan fingerprint density at radius 3 is 2.63 bits per heavy atom. The van der Waals surface area contributed by atoms with Crippen LogP contribution in [0.4, 0.5) is 5.69 Å². The van der Waals surface area contributed by atoms with Crippen LogP contribution in [0.15, 0.2) is 43.9 Å². The second-order valence-corrected chi connectivity index (χ2v) is 6.96. The van der Waals surface area contributed by atoms with E-state index in [4.69, 9.17) is 0 Å². The minimum Gasteiger partial charge on any atom is -0.303 e. The van der Waals surface area contributed by atoms with Crippen molar-refractivity contribution in [2.24, 2.45) is 0 Å². The first-order chi connectivity index (χ1) is 9.10. The molecule has 0 aliphatic rings.